The highest BCUT2D eigenvalue weighted by Gasteiger charge is 2.14. The van der Waals surface area contributed by atoms with Crippen molar-refractivity contribution in [1.29, 1.82) is 0 Å². The second-order valence-corrected chi connectivity index (χ2v) is 4.67. The summed E-state index contributed by atoms with van der Waals surface area (Å²) in [5.41, 5.74) is 0.683. The quantitative estimate of drug-likeness (QED) is 0.865. The number of rotatable bonds is 5. The summed E-state index contributed by atoms with van der Waals surface area (Å²) < 4.78 is 1.83. The number of nitrogens with zero attached hydrogens (tertiary/aromatic N) is 2. The van der Waals surface area contributed by atoms with Crippen molar-refractivity contribution >= 4 is 17.6 Å². The van der Waals surface area contributed by atoms with Gasteiger partial charge < -0.3 is 9.67 Å². The van der Waals surface area contributed by atoms with Crippen LogP contribution in [0.2, 0.25) is 5.15 Å². The van der Waals surface area contributed by atoms with E-state index in [1.54, 1.807) is 0 Å². The Hall–Kier alpha value is -1.03. The Morgan fingerprint density at radius 3 is 2.69 bits per heavy atom. The monoisotopic (exact) mass is 244 g/mol. The largest absolute Gasteiger partial charge is 0.481 e. The van der Waals surface area contributed by atoms with Crippen LogP contribution in [0.4, 0.5) is 0 Å². The average molecular weight is 245 g/mol. The molecule has 1 rings (SSSR count). The van der Waals surface area contributed by atoms with Gasteiger partial charge in [-0.25, -0.2) is 4.98 Å². The van der Waals surface area contributed by atoms with Crippen molar-refractivity contribution in [3.05, 3.63) is 16.7 Å². The zero-order chi connectivity index (χ0) is 12.3. The SMILES string of the molecule is CC(C)Cc1nc(CCC(=O)O)c(Cl)n1C. The molecule has 1 N–H and O–H groups in total. The van der Waals surface area contributed by atoms with Gasteiger partial charge in [-0.15, -0.1) is 0 Å². The first-order valence-electron chi connectivity index (χ1n) is 5.33. The third kappa shape index (κ3) is 3.23. The molecule has 0 saturated heterocycles. The highest BCUT2D eigenvalue weighted by Crippen LogP contribution is 2.20. The molecule has 16 heavy (non-hydrogen) atoms. The van der Waals surface area contributed by atoms with Crippen molar-refractivity contribution in [2.24, 2.45) is 13.0 Å². The normalized spacial score (nSPS) is 11.1. The third-order valence-electron chi connectivity index (χ3n) is 2.35. The molecule has 4 nitrogen and oxygen atoms in total. The van der Waals surface area contributed by atoms with Crippen molar-refractivity contribution in [2.75, 3.05) is 0 Å². The van der Waals surface area contributed by atoms with Crippen molar-refractivity contribution in [3.63, 3.8) is 0 Å². The van der Waals surface area contributed by atoms with E-state index in [0.29, 0.717) is 23.2 Å². The van der Waals surface area contributed by atoms with E-state index in [4.69, 9.17) is 16.7 Å². The summed E-state index contributed by atoms with van der Waals surface area (Å²) >= 11 is 6.09. The van der Waals surface area contributed by atoms with Gasteiger partial charge in [-0.05, 0) is 5.92 Å². The van der Waals surface area contributed by atoms with Gasteiger partial charge in [0.05, 0.1) is 12.1 Å². The van der Waals surface area contributed by atoms with Crippen LogP contribution in [0.25, 0.3) is 0 Å². The van der Waals surface area contributed by atoms with E-state index >= 15 is 0 Å². The second-order valence-electron chi connectivity index (χ2n) is 4.32. The summed E-state index contributed by atoms with van der Waals surface area (Å²) in [5.74, 6) is 0.594. The van der Waals surface area contributed by atoms with E-state index in [9.17, 15) is 4.79 Å². The molecule has 90 valence electrons. The summed E-state index contributed by atoms with van der Waals surface area (Å²) in [6.45, 7) is 4.22. The number of hydrogen-bond acceptors (Lipinski definition) is 2. The summed E-state index contributed by atoms with van der Waals surface area (Å²) in [6.07, 6.45) is 1.31. The number of halogens is 1. The van der Waals surface area contributed by atoms with E-state index < -0.39 is 5.97 Å². The Labute approximate surface area is 100 Å². The first kappa shape index (κ1) is 13.0. The zero-order valence-corrected chi connectivity index (χ0v) is 10.6. The number of carboxylic acid groups (broad SMARTS) is 1. The molecule has 0 bridgehead atoms. The summed E-state index contributed by atoms with van der Waals surface area (Å²) in [4.78, 5) is 14.9. The first-order chi connectivity index (χ1) is 7.41. The molecule has 5 heteroatoms. The predicted octanol–water partition coefficient (Wildman–Crippen LogP) is 2.29. The zero-order valence-electron chi connectivity index (χ0n) is 9.83. The molecule has 0 spiro atoms. The maximum absolute atomic E-state index is 10.5. The lowest BCUT2D eigenvalue weighted by atomic mass is 10.1. The third-order valence-corrected chi connectivity index (χ3v) is 2.82. The van der Waals surface area contributed by atoms with Crippen molar-refractivity contribution in [3.8, 4) is 0 Å². The fourth-order valence-corrected chi connectivity index (χ4v) is 1.75. The van der Waals surface area contributed by atoms with Gasteiger partial charge in [-0.2, -0.15) is 0 Å². The Morgan fingerprint density at radius 2 is 2.19 bits per heavy atom. The van der Waals surface area contributed by atoms with E-state index in [-0.39, 0.29) is 6.42 Å². The Morgan fingerprint density at radius 1 is 1.56 bits per heavy atom. The summed E-state index contributed by atoms with van der Waals surface area (Å²) in [5, 5.41) is 9.16. The molecule has 0 unspecified atom stereocenters. The standard InChI is InChI=1S/C11H17ClN2O2/c1-7(2)6-9-13-8(4-5-10(15)16)11(12)14(9)3/h7H,4-6H2,1-3H3,(H,15,16). The van der Waals surface area contributed by atoms with E-state index in [2.05, 4.69) is 18.8 Å². The number of hydrogen-bond donors (Lipinski definition) is 1. The van der Waals surface area contributed by atoms with Crippen LogP contribution in [0.5, 0.6) is 0 Å². The van der Waals surface area contributed by atoms with Crippen LogP contribution in [0.3, 0.4) is 0 Å². The Bertz CT molecular complexity index is 386. The Kier molecular flexibility index (Phi) is 4.35. The number of carboxylic acids is 1. The van der Waals surface area contributed by atoms with Crippen LogP contribution < -0.4 is 0 Å². The van der Waals surface area contributed by atoms with Gasteiger partial charge in [0, 0.05) is 19.9 Å². The lowest BCUT2D eigenvalue weighted by molar-refractivity contribution is -0.136. The minimum atomic E-state index is -0.827. The van der Waals surface area contributed by atoms with Gasteiger partial charge in [-0.3, -0.25) is 4.79 Å². The molecule has 0 aliphatic heterocycles. The maximum Gasteiger partial charge on any atom is 0.303 e. The number of aromatic nitrogens is 2. The van der Waals surface area contributed by atoms with Gasteiger partial charge in [0.25, 0.3) is 0 Å². The first-order valence-corrected chi connectivity index (χ1v) is 5.71. The lowest BCUT2D eigenvalue weighted by Gasteiger charge is -2.04. The predicted molar refractivity (Wildman–Crippen MR) is 62.7 cm³/mol. The smallest absolute Gasteiger partial charge is 0.303 e. The van der Waals surface area contributed by atoms with Crippen LogP contribution in [0, 0.1) is 5.92 Å². The molecule has 1 aromatic rings. The van der Waals surface area contributed by atoms with E-state index in [1.165, 1.54) is 0 Å². The van der Waals surface area contributed by atoms with Crippen LogP contribution in [-0.2, 0) is 24.7 Å². The lowest BCUT2D eigenvalue weighted by Crippen LogP contribution is -2.02. The maximum atomic E-state index is 10.5. The van der Waals surface area contributed by atoms with Gasteiger partial charge in [0.2, 0.25) is 0 Å². The van der Waals surface area contributed by atoms with Crippen LogP contribution in [-0.4, -0.2) is 20.6 Å². The minimum absolute atomic E-state index is 0.0673. The molecule has 1 aromatic heterocycles. The van der Waals surface area contributed by atoms with Gasteiger partial charge in [0.15, 0.2) is 0 Å². The topological polar surface area (TPSA) is 55.1 Å². The van der Waals surface area contributed by atoms with Crippen LogP contribution in [0.15, 0.2) is 0 Å². The molecule has 0 aliphatic rings. The van der Waals surface area contributed by atoms with Gasteiger partial charge >= 0.3 is 5.97 Å². The average Bonchev–Trinajstić information content (AvgIpc) is 2.42. The number of aliphatic carboxylic acids is 1. The molecule has 0 fully saturated rings. The molecular formula is C11H17ClN2O2. The fourth-order valence-electron chi connectivity index (χ4n) is 1.52. The van der Waals surface area contributed by atoms with Crippen molar-refractivity contribution in [1.82, 2.24) is 9.55 Å². The van der Waals surface area contributed by atoms with Gasteiger partial charge in [-0.1, -0.05) is 25.4 Å². The minimum Gasteiger partial charge on any atom is -0.481 e. The van der Waals surface area contributed by atoms with Crippen LogP contribution >= 0.6 is 11.6 Å². The molecular weight excluding hydrogens is 228 g/mol. The Balaban J connectivity index is 2.82. The van der Waals surface area contributed by atoms with E-state index in [0.717, 1.165) is 12.2 Å². The summed E-state index contributed by atoms with van der Waals surface area (Å²) in [6, 6.07) is 0. The van der Waals surface area contributed by atoms with Crippen LogP contribution in [0.1, 0.15) is 31.8 Å². The second kappa shape index (κ2) is 5.34. The molecule has 0 aromatic carbocycles. The highest BCUT2D eigenvalue weighted by molar-refractivity contribution is 6.30. The van der Waals surface area contributed by atoms with Crippen molar-refractivity contribution in [2.45, 2.75) is 33.1 Å². The molecule has 0 aliphatic carbocycles. The number of carbonyl (C=O) groups is 1. The highest BCUT2D eigenvalue weighted by atomic mass is 35.5. The van der Waals surface area contributed by atoms with Gasteiger partial charge in [0.1, 0.15) is 11.0 Å². The molecule has 1 heterocycles. The molecule has 0 saturated carbocycles. The van der Waals surface area contributed by atoms with E-state index in [1.807, 2.05) is 11.6 Å². The number of aryl methyl sites for hydroxylation is 1. The molecule has 0 radical (unpaired) electrons. The molecule has 0 atom stereocenters. The molecule has 0 amide bonds. The van der Waals surface area contributed by atoms with Crippen molar-refractivity contribution < 1.29 is 9.90 Å². The summed E-state index contributed by atoms with van der Waals surface area (Å²) in [7, 11) is 1.86. The fraction of sp³-hybridized carbons (Fsp3) is 0.636. The number of imidazole rings is 1.